The highest BCUT2D eigenvalue weighted by Crippen LogP contribution is 2.18. The standard InChI is InChI=1S/C13H15N3O2S/c14-7-1-2-10-5-6-11(19-10)13(18)15-8-12(17)16-9-3-4-9/h5-6,9H,3-4,7-8,14H2,(H,15,18)(H,16,17). The highest BCUT2D eigenvalue weighted by atomic mass is 32.1. The van der Waals surface area contributed by atoms with E-state index in [1.165, 1.54) is 11.3 Å². The predicted octanol–water partition coefficient (Wildman–Crippen LogP) is 0.0667. The summed E-state index contributed by atoms with van der Waals surface area (Å²) in [7, 11) is 0. The monoisotopic (exact) mass is 277 g/mol. The Kier molecular flexibility index (Phi) is 4.55. The van der Waals surface area contributed by atoms with Crippen LogP contribution in [0.1, 0.15) is 27.4 Å². The Morgan fingerprint density at radius 1 is 1.42 bits per heavy atom. The van der Waals surface area contributed by atoms with Crippen LogP contribution in [0.4, 0.5) is 0 Å². The maximum absolute atomic E-state index is 11.8. The van der Waals surface area contributed by atoms with Gasteiger partial charge in [0.25, 0.3) is 5.91 Å². The normalized spacial score (nSPS) is 13.3. The fourth-order valence-corrected chi connectivity index (χ4v) is 2.22. The molecule has 100 valence electrons. The molecule has 19 heavy (non-hydrogen) atoms. The van der Waals surface area contributed by atoms with Crippen molar-refractivity contribution >= 4 is 23.2 Å². The number of nitrogens with two attached hydrogens (primary N) is 1. The highest BCUT2D eigenvalue weighted by Gasteiger charge is 2.23. The third-order valence-corrected chi connectivity index (χ3v) is 3.49. The fourth-order valence-electron chi connectivity index (χ4n) is 1.42. The molecular weight excluding hydrogens is 262 g/mol. The van der Waals surface area contributed by atoms with Crippen LogP contribution in [0, 0.1) is 11.8 Å². The number of thiophene rings is 1. The zero-order valence-corrected chi connectivity index (χ0v) is 11.2. The van der Waals surface area contributed by atoms with Crippen molar-refractivity contribution in [2.24, 2.45) is 5.73 Å². The lowest BCUT2D eigenvalue weighted by atomic mass is 10.4. The summed E-state index contributed by atoms with van der Waals surface area (Å²) in [5.41, 5.74) is 5.28. The molecule has 1 saturated carbocycles. The summed E-state index contributed by atoms with van der Waals surface area (Å²) in [6.07, 6.45) is 2.07. The van der Waals surface area contributed by atoms with Crippen molar-refractivity contribution in [1.29, 1.82) is 0 Å². The van der Waals surface area contributed by atoms with Crippen LogP contribution in [-0.4, -0.2) is 30.9 Å². The van der Waals surface area contributed by atoms with Gasteiger partial charge in [0.05, 0.1) is 22.8 Å². The maximum atomic E-state index is 11.8. The van der Waals surface area contributed by atoms with Crippen LogP contribution in [0.15, 0.2) is 12.1 Å². The van der Waals surface area contributed by atoms with E-state index >= 15 is 0 Å². The first kappa shape index (κ1) is 13.6. The SMILES string of the molecule is NCC#Cc1ccc(C(=O)NCC(=O)NC2CC2)s1. The van der Waals surface area contributed by atoms with Gasteiger partial charge in [-0.2, -0.15) is 0 Å². The first-order valence-corrected chi connectivity index (χ1v) is 6.87. The minimum atomic E-state index is -0.253. The average Bonchev–Trinajstić information content (AvgIpc) is 3.08. The van der Waals surface area contributed by atoms with Crippen molar-refractivity contribution in [3.63, 3.8) is 0 Å². The molecule has 0 spiro atoms. The van der Waals surface area contributed by atoms with Gasteiger partial charge in [0, 0.05) is 6.04 Å². The third kappa shape index (κ3) is 4.39. The van der Waals surface area contributed by atoms with Crippen LogP contribution in [-0.2, 0) is 4.79 Å². The van der Waals surface area contributed by atoms with Gasteiger partial charge in [-0.15, -0.1) is 11.3 Å². The molecule has 0 aromatic carbocycles. The number of nitrogens with one attached hydrogen (secondary N) is 2. The fraction of sp³-hybridized carbons (Fsp3) is 0.385. The van der Waals surface area contributed by atoms with Crippen molar-refractivity contribution < 1.29 is 9.59 Å². The third-order valence-electron chi connectivity index (χ3n) is 2.50. The predicted molar refractivity (Wildman–Crippen MR) is 73.7 cm³/mol. The second kappa shape index (κ2) is 6.36. The molecule has 0 atom stereocenters. The topological polar surface area (TPSA) is 84.2 Å². The quantitative estimate of drug-likeness (QED) is 0.681. The van der Waals surface area contributed by atoms with Crippen molar-refractivity contribution in [2.75, 3.05) is 13.1 Å². The molecule has 0 saturated heterocycles. The molecule has 2 rings (SSSR count). The van der Waals surface area contributed by atoms with Gasteiger partial charge in [0.15, 0.2) is 0 Å². The molecule has 1 aromatic rings. The summed E-state index contributed by atoms with van der Waals surface area (Å²) >= 11 is 1.29. The van der Waals surface area contributed by atoms with Crippen LogP contribution in [0.2, 0.25) is 0 Å². The summed E-state index contributed by atoms with van der Waals surface area (Å²) in [5, 5.41) is 5.40. The number of hydrogen-bond donors (Lipinski definition) is 3. The summed E-state index contributed by atoms with van der Waals surface area (Å²) < 4.78 is 0. The van der Waals surface area contributed by atoms with E-state index in [0.717, 1.165) is 17.7 Å². The number of amides is 2. The van der Waals surface area contributed by atoms with E-state index < -0.39 is 0 Å². The number of carbonyl (C=O) groups excluding carboxylic acids is 2. The minimum absolute atomic E-state index is 0.0110. The van der Waals surface area contributed by atoms with Gasteiger partial charge in [0.2, 0.25) is 5.91 Å². The second-order valence-corrected chi connectivity index (χ2v) is 5.28. The summed E-state index contributed by atoms with van der Waals surface area (Å²) in [5.74, 6) is 5.19. The van der Waals surface area contributed by atoms with Gasteiger partial charge in [-0.25, -0.2) is 0 Å². The number of rotatable bonds is 4. The molecule has 1 aromatic heterocycles. The van der Waals surface area contributed by atoms with E-state index in [4.69, 9.17) is 5.73 Å². The first-order chi connectivity index (χ1) is 9.19. The summed E-state index contributed by atoms with van der Waals surface area (Å²) in [6.45, 7) is 0.303. The molecular formula is C13H15N3O2S. The molecule has 0 aliphatic heterocycles. The molecule has 1 aliphatic rings. The highest BCUT2D eigenvalue weighted by molar-refractivity contribution is 7.14. The molecule has 5 nitrogen and oxygen atoms in total. The van der Waals surface area contributed by atoms with Crippen molar-refractivity contribution in [1.82, 2.24) is 10.6 Å². The zero-order valence-electron chi connectivity index (χ0n) is 10.4. The lowest BCUT2D eigenvalue weighted by molar-refractivity contribution is -0.120. The Labute approximate surface area is 115 Å². The van der Waals surface area contributed by atoms with Crippen LogP contribution >= 0.6 is 11.3 Å². The molecule has 0 radical (unpaired) electrons. The van der Waals surface area contributed by atoms with Gasteiger partial charge in [-0.3, -0.25) is 9.59 Å². The van der Waals surface area contributed by atoms with Crippen LogP contribution in [0.5, 0.6) is 0 Å². The largest absolute Gasteiger partial charge is 0.352 e. The molecule has 0 bridgehead atoms. The van der Waals surface area contributed by atoms with Gasteiger partial charge in [0.1, 0.15) is 0 Å². The van der Waals surface area contributed by atoms with Gasteiger partial charge >= 0.3 is 0 Å². The first-order valence-electron chi connectivity index (χ1n) is 6.05. The van der Waals surface area contributed by atoms with Crippen molar-refractivity contribution in [2.45, 2.75) is 18.9 Å². The summed E-state index contributed by atoms with van der Waals surface area (Å²) in [6, 6.07) is 3.77. The minimum Gasteiger partial charge on any atom is -0.352 e. The van der Waals surface area contributed by atoms with E-state index in [9.17, 15) is 9.59 Å². The molecule has 4 N–H and O–H groups in total. The summed E-state index contributed by atoms with van der Waals surface area (Å²) in [4.78, 5) is 24.5. The van der Waals surface area contributed by atoms with Gasteiger partial charge in [-0.05, 0) is 25.0 Å². The molecule has 6 heteroatoms. The van der Waals surface area contributed by atoms with Crippen molar-refractivity contribution in [3.8, 4) is 11.8 Å². The second-order valence-electron chi connectivity index (χ2n) is 4.19. The van der Waals surface area contributed by atoms with E-state index in [1.807, 2.05) is 0 Å². The Morgan fingerprint density at radius 3 is 2.89 bits per heavy atom. The lowest BCUT2D eigenvalue weighted by Gasteiger charge is -2.04. The van der Waals surface area contributed by atoms with Gasteiger partial charge < -0.3 is 16.4 Å². The Bertz CT molecular complexity index is 538. The van der Waals surface area contributed by atoms with Gasteiger partial charge in [-0.1, -0.05) is 11.8 Å². The molecule has 1 fully saturated rings. The molecule has 1 aliphatic carbocycles. The Balaban J connectivity index is 1.81. The molecule has 1 heterocycles. The van der Waals surface area contributed by atoms with Crippen LogP contribution in [0.3, 0.4) is 0 Å². The van der Waals surface area contributed by atoms with Crippen LogP contribution in [0.25, 0.3) is 0 Å². The molecule has 0 unspecified atom stereocenters. The smallest absolute Gasteiger partial charge is 0.261 e. The Hall–Kier alpha value is -1.84. The molecule has 2 amide bonds. The van der Waals surface area contributed by atoms with E-state index in [1.54, 1.807) is 12.1 Å². The lowest BCUT2D eigenvalue weighted by Crippen LogP contribution is -2.37. The number of hydrogen-bond acceptors (Lipinski definition) is 4. The van der Waals surface area contributed by atoms with Crippen LogP contribution < -0.4 is 16.4 Å². The van der Waals surface area contributed by atoms with E-state index in [-0.39, 0.29) is 18.4 Å². The zero-order chi connectivity index (χ0) is 13.7. The maximum Gasteiger partial charge on any atom is 0.261 e. The number of carbonyl (C=O) groups is 2. The average molecular weight is 277 g/mol. The van der Waals surface area contributed by atoms with E-state index in [0.29, 0.717) is 17.5 Å². The van der Waals surface area contributed by atoms with Crippen molar-refractivity contribution in [3.05, 3.63) is 21.9 Å². The van der Waals surface area contributed by atoms with E-state index in [2.05, 4.69) is 22.5 Å². The Morgan fingerprint density at radius 2 is 2.21 bits per heavy atom.